The lowest BCUT2D eigenvalue weighted by Gasteiger charge is -1.93. The number of carbonyl (C=O) groups excluding carboxylic acids is 1. The fourth-order valence-electron chi connectivity index (χ4n) is 0.252. The number of nitriles is 2. The monoisotopic (exact) mass is 124 g/mol. The van der Waals surface area contributed by atoms with Crippen LogP contribution in [0.25, 0.3) is 0 Å². The van der Waals surface area contributed by atoms with Gasteiger partial charge in [0.2, 0.25) is 5.92 Å². The summed E-state index contributed by atoms with van der Waals surface area (Å²) in [5.41, 5.74) is 0. The molecule has 46 valence electrons. The van der Waals surface area contributed by atoms with E-state index in [0.717, 1.165) is 7.11 Å². The zero-order valence-corrected chi connectivity index (χ0v) is 4.79. The summed E-state index contributed by atoms with van der Waals surface area (Å²) in [6.45, 7) is 0. The highest BCUT2D eigenvalue weighted by molar-refractivity contribution is 5.77. The van der Waals surface area contributed by atoms with Gasteiger partial charge in [0.15, 0.2) is 0 Å². The Morgan fingerprint density at radius 1 is 1.56 bits per heavy atom. The van der Waals surface area contributed by atoms with Crippen LogP contribution in [0, 0.1) is 28.6 Å². The highest BCUT2D eigenvalue weighted by atomic mass is 16.5. The van der Waals surface area contributed by atoms with Gasteiger partial charge in [-0.3, -0.25) is 0 Å². The first-order valence-corrected chi connectivity index (χ1v) is 2.13. The van der Waals surface area contributed by atoms with Gasteiger partial charge in [-0.05, 0) is 0 Å². The first kappa shape index (κ1) is 7.45. The molecule has 0 aromatic carbocycles. The van der Waals surface area contributed by atoms with E-state index in [4.69, 9.17) is 10.5 Å². The summed E-state index contributed by atoms with van der Waals surface area (Å²) in [4.78, 5) is 10.3. The molecule has 0 fully saturated rings. The van der Waals surface area contributed by atoms with E-state index in [2.05, 4.69) is 4.74 Å². The highest BCUT2D eigenvalue weighted by Crippen LogP contribution is 1.92. The zero-order valence-electron chi connectivity index (χ0n) is 4.79. The number of ether oxygens (including phenoxy) is 1. The van der Waals surface area contributed by atoms with E-state index in [-0.39, 0.29) is 0 Å². The van der Waals surface area contributed by atoms with Crippen molar-refractivity contribution in [2.45, 2.75) is 0 Å². The van der Waals surface area contributed by atoms with Crippen LogP contribution in [0.4, 0.5) is 0 Å². The summed E-state index contributed by atoms with van der Waals surface area (Å²) in [6, 6.07) is 2.93. The maximum Gasteiger partial charge on any atom is 0.337 e. The Morgan fingerprint density at radius 3 is 2.11 bits per heavy atom. The molecule has 0 saturated carbocycles. The third-order valence-corrected chi connectivity index (χ3v) is 0.695. The second kappa shape index (κ2) is 3.45. The molecule has 0 amide bonds. The maximum atomic E-state index is 10.3. The third kappa shape index (κ3) is 1.79. The predicted molar refractivity (Wildman–Crippen MR) is 26.7 cm³/mol. The first-order valence-electron chi connectivity index (χ1n) is 2.13. The normalized spacial score (nSPS) is 7.56. The van der Waals surface area contributed by atoms with Gasteiger partial charge >= 0.3 is 5.97 Å². The number of methoxy groups -OCH3 is 1. The number of rotatable bonds is 1. The molecule has 0 aliphatic carbocycles. The van der Waals surface area contributed by atoms with E-state index >= 15 is 0 Å². The standard InChI is InChI=1S/C5H4N2O2/c1-9-5(8)4(2-6)3-7/h4H,1H3. The SMILES string of the molecule is COC(=O)C(C#N)C#N. The average Bonchev–Trinajstić information content (AvgIpc) is 1.90. The quantitative estimate of drug-likeness (QED) is 0.454. The van der Waals surface area contributed by atoms with E-state index in [0.29, 0.717) is 0 Å². The van der Waals surface area contributed by atoms with Crippen LogP contribution in [0.3, 0.4) is 0 Å². The fraction of sp³-hybridized carbons (Fsp3) is 0.400. The zero-order chi connectivity index (χ0) is 7.28. The number of carbonyl (C=O) groups is 1. The van der Waals surface area contributed by atoms with Crippen molar-refractivity contribution in [1.29, 1.82) is 10.5 Å². The molecule has 0 radical (unpaired) electrons. The summed E-state index contributed by atoms with van der Waals surface area (Å²) in [6.07, 6.45) is 0. The van der Waals surface area contributed by atoms with Gasteiger partial charge in [-0.1, -0.05) is 0 Å². The maximum absolute atomic E-state index is 10.3. The Balaban J connectivity index is 4.05. The van der Waals surface area contributed by atoms with E-state index in [1.165, 1.54) is 12.1 Å². The molecule has 0 unspecified atom stereocenters. The van der Waals surface area contributed by atoms with Crippen LogP contribution < -0.4 is 0 Å². The number of nitrogens with zero attached hydrogens (tertiary/aromatic N) is 2. The molecular weight excluding hydrogens is 120 g/mol. The van der Waals surface area contributed by atoms with E-state index in [1.54, 1.807) is 0 Å². The largest absolute Gasteiger partial charge is 0.467 e. The molecular formula is C5H4N2O2. The number of esters is 1. The molecule has 0 aromatic rings. The van der Waals surface area contributed by atoms with Crippen molar-refractivity contribution in [3.63, 3.8) is 0 Å². The highest BCUT2D eigenvalue weighted by Gasteiger charge is 2.15. The van der Waals surface area contributed by atoms with E-state index < -0.39 is 11.9 Å². The van der Waals surface area contributed by atoms with Crippen LogP contribution >= 0.6 is 0 Å². The topological polar surface area (TPSA) is 73.9 Å². The molecule has 0 atom stereocenters. The minimum absolute atomic E-state index is 0.806. The van der Waals surface area contributed by atoms with Gasteiger partial charge < -0.3 is 4.74 Å². The van der Waals surface area contributed by atoms with E-state index in [1.807, 2.05) is 0 Å². The van der Waals surface area contributed by atoms with Crippen LogP contribution in [-0.4, -0.2) is 13.1 Å². The van der Waals surface area contributed by atoms with Crippen molar-refractivity contribution in [2.75, 3.05) is 7.11 Å². The second-order valence-corrected chi connectivity index (χ2v) is 1.21. The lowest BCUT2D eigenvalue weighted by Crippen LogP contribution is -2.11. The van der Waals surface area contributed by atoms with Gasteiger partial charge in [0.1, 0.15) is 0 Å². The molecule has 0 aromatic heterocycles. The van der Waals surface area contributed by atoms with Crippen molar-refractivity contribution in [2.24, 2.45) is 5.92 Å². The summed E-state index contributed by atoms with van der Waals surface area (Å²) < 4.78 is 4.11. The van der Waals surface area contributed by atoms with Crippen LogP contribution in [0.2, 0.25) is 0 Å². The van der Waals surface area contributed by atoms with Gasteiger partial charge in [0.05, 0.1) is 19.2 Å². The molecule has 9 heavy (non-hydrogen) atoms. The third-order valence-electron chi connectivity index (χ3n) is 0.695. The van der Waals surface area contributed by atoms with Crippen molar-refractivity contribution >= 4 is 5.97 Å². The molecule has 0 aliphatic rings. The number of hydrogen-bond donors (Lipinski definition) is 0. The van der Waals surface area contributed by atoms with Crippen LogP contribution in [-0.2, 0) is 9.53 Å². The predicted octanol–water partition coefficient (Wildman–Crippen LogP) is -0.177. The van der Waals surface area contributed by atoms with Gasteiger partial charge in [0.25, 0.3) is 0 Å². The number of hydrogen-bond acceptors (Lipinski definition) is 4. The minimum Gasteiger partial charge on any atom is -0.467 e. The van der Waals surface area contributed by atoms with Gasteiger partial charge in [-0.15, -0.1) is 0 Å². The first-order chi connectivity index (χ1) is 4.26. The fourth-order valence-corrected chi connectivity index (χ4v) is 0.252. The molecule has 0 heterocycles. The smallest absolute Gasteiger partial charge is 0.337 e. The lowest BCUT2D eigenvalue weighted by molar-refractivity contribution is -0.141. The second-order valence-electron chi connectivity index (χ2n) is 1.21. The summed E-state index contributed by atoms with van der Waals surface area (Å²) >= 11 is 0. The van der Waals surface area contributed by atoms with Crippen molar-refractivity contribution in [3.05, 3.63) is 0 Å². The summed E-state index contributed by atoms with van der Waals surface area (Å²) in [5, 5.41) is 16.1. The van der Waals surface area contributed by atoms with Gasteiger partial charge in [-0.25, -0.2) is 4.79 Å². The van der Waals surface area contributed by atoms with Crippen molar-refractivity contribution in [3.8, 4) is 12.1 Å². The molecule has 0 rings (SSSR count). The minimum atomic E-state index is -1.28. The van der Waals surface area contributed by atoms with Crippen molar-refractivity contribution < 1.29 is 9.53 Å². The molecule has 4 nitrogen and oxygen atoms in total. The van der Waals surface area contributed by atoms with Gasteiger partial charge in [0, 0.05) is 0 Å². The Morgan fingerprint density at radius 2 is 2.00 bits per heavy atom. The molecule has 4 heteroatoms. The Kier molecular flexibility index (Phi) is 2.86. The Hall–Kier alpha value is -1.55. The molecule has 0 N–H and O–H groups in total. The summed E-state index contributed by atoms with van der Waals surface area (Å²) in [5.74, 6) is -2.09. The summed E-state index contributed by atoms with van der Waals surface area (Å²) in [7, 11) is 1.13. The molecule has 0 saturated heterocycles. The van der Waals surface area contributed by atoms with E-state index in [9.17, 15) is 4.79 Å². The Labute approximate surface area is 52.3 Å². The molecule has 0 aliphatic heterocycles. The Bertz CT molecular complexity index is 172. The van der Waals surface area contributed by atoms with Crippen molar-refractivity contribution in [1.82, 2.24) is 0 Å². The molecule has 0 spiro atoms. The van der Waals surface area contributed by atoms with Gasteiger partial charge in [-0.2, -0.15) is 10.5 Å². The van der Waals surface area contributed by atoms with Crippen LogP contribution in [0.1, 0.15) is 0 Å². The average molecular weight is 124 g/mol. The molecule has 0 bridgehead atoms. The lowest BCUT2D eigenvalue weighted by atomic mass is 10.2. The van der Waals surface area contributed by atoms with Crippen LogP contribution in [0.5, 0.6) is 0 Å². The van der Waals surface area contributed by atoms with Crippen LogP contribution in [0.15, 0.2) is 0 Å².